The summed E-state index contributed by atoms with van der Waals surface area (Å²) in [6, 6.07) is 7.11. The zero-order valence-electron chi connectivity index (χ0n) is 16.0. The lowest BCUT2D eigenvalue weighted by atomic mass is 10.2. The minimum absolute atomic E-state index is 0.274. The molecule has 0 radical (unpaired) electrons. The maximum atomic E-state index is 12.9. The van der Waals surface area contributed by atoms with E-state index < -0.39 is 10.0 Å². The first-order valence-corrected chi connectivity index (χ1v) is 12.4. The number of nitrogens with one attached hydrogen (secondary N) is 1. The van der Waals surface area contributed by atoms with Crippen LogP contribution in [0.3, 0.4) is 0 Å². The van der Waals surface area contributed by atoms with Crippen molar-refractivity contribution in [2.24, 2.45) is 0 Å². The highest BCUT2D eigenvalue weighted by atomic mass is 32.2. The van der Waals surface area contributed by atoms with Gasteiger partial charge in [-0.05, 0) is 37.8 Å². The molecule has 3 heterocycles. The van der Waals surface area contributed by atoms with Gasteiger partial charge in [-0.1, -0.05) is 25.0 Å². The second-order valence-corrected chi connectivity index (χ2v) is 10.2. The fraction of sp³-hybridized carbons (Fsp3) is 0.550. The van der Waals surface area contributed by atoms with E-state index in [2.05, 4.69) is 10.3 Å². The molecule has 28 heavy (non-hydrogen) atoms. The summed E-state index contributed by atoms with van der Waals surface area (Å²) in [5.41, 5.74) is 1.79. The molecule has 0 aliphatic carbocycles. The second-order valence-electron chi connectivity index (χ2n) is 7.40. The molecule has 0 bridgehead atoms. The number of ether oxygens (including phenoxy) is 1. The molecule has 0 spiro atoms. The zero-order valence-corrected chi connectivity index (χ0v) is 17.6. The van der Waals surface area contributed by atoms with E-state index in [1.807, 2.05) is 17.5 Å². The third-order valence-electron chi connectivity index (χ3n) is 5.36. The van der Waals surface area contributed by atoms with Crippen molar-refractivity contribution in [2.75, 3.05) is 31.6 Å². The molecule has 0 unspecified atom stereocenters. The first-order valence-electron chi connectivity index (χ1n) is 10.0. The molecule has 2 aromatic rings. The third kappa shape index (κ3) is 4.56. The quantitative estimate of drug-likeness (QED) is 0.764. The summed E-state index contributed by atoms with van der Waals surface area (Å²) < 4.78 is 33.0. The number of sulfonamides is 1. The average molecular weight is 422 g/mol. The Morgan fingerprint density at radius 3 is 2.54 bits per heavy atom. The average Bonchev–Trinajstić information content (AvgIpc) is 3.32. The summed E-state index contributed by atoms with van der Waals surface area (Å²) in [5, 5.41) is 6.20. The summed E-state index contributed by atoms with van der Waals surface area (Å²) >= 11 is 1.56. The van der Waals surface area contributed by atoms with Crippen LogP contribution in [-0.4, -0.2) is 50.1 Å². The van der Waals surface area contributed by atoms with Crippen LogP contribution in [0.25, 0.3) is 11.3 Å². The Labute approximate surface area is 171 Å². The van der Waals surface area contributed by atoms with Crippen LogP contribution in [0.15, 0.2) is 34.5 Å². The van der Waals surface area contributed by atoms with Gasteiger partial charge in [-0.3, -0.25) is 0 Å². The second kappa shape index (κ2) is 8.90. The van der Waals surface area contributed by atoms with E-state index in [4.69, 9.17) is 4.74 Å². The molecule has 2 fully saturated rings. The van der Waals surface area contributed by atoms with E-state index in [1.165, 1.54) is 0 Å². The van der Waals surface area contributed by atoms with Crippen LogP contribution in [0.2, 0.25) is 0 Å². The molecule has 2 aliphatic rings. The smallest absolute Gasteiger partial charge is 0.243 e. The first kappa shape index (κ1) is 19.8. The van der Waals surface area contributed by atoms with Gasteiger partial charge in [0.1, 0.15) is 0 Å². The topological polar surface area (TPSA) is 71.5 Å². The van der Waals surface area contributed by atoms with Crippen LogP contribution < -0.4 is 5.32 Å². The predicted molar refractivity (Wildman–Crippen MR) is 112 cm³/mol. The predicted octanol–water partition coefficient (Wildman–Crippen LogP) is 3.97. The van der Waals surface area contributed by atoms with Gasteiger partial charge in [0.2, 0.25) is 10.0 Å². The Morgan fingerprint density at radius 1 is 1.11 bits per heavy atom. The highest BCUT2D eigenvalue weighted by Gasteiger charge is 2.25. The molecular formula is C20H27N3O3S2. The van der Waals surface area contributed by atoms with Crippen molar-refractivity contribution in [3.63, 3.8) is 0 Å². The van der Waals surface area contributed by atoms with Crippen molar-refractivity contribution in [3.05, 3.63) is 29.6 Å². The first-order chi connectivity index (χ1) is 13.6. The Kier molecular flexibility index (Phi) is 6.30. The Balaban J connectivity index is 1.42. The van der Waals surface area contributed by atoms with Gasteiger partial charge in [-0.25, -0.2) is 13.4 Å². The fourth-order valence-electron chi connectivity index (χ4n) is 3.72. The lowest BCUT2D eigenvalue weighted by Gasteiger charge is -2.19. The molecule has 1 aromatic heterocycles. The lowest BCUT2D eigenvalue weighted by Crippen LogP contribution is -2.31. The van der Waals surface area contributed by atoms with Crippen molar-refractivity contribution >= 4 is 26.5 Å². The van der Waals surface area contributed by atoms with E-state index in [0.29, 0.717) is 18.0 Å². The van der Waals surface area contributed by atoms with E-state index in [1.54, 1.807) is 27.8 Å². The van der Waals surface area contributed by atoms with Crippen LogP contribution in [0.1, 0.15) is 38.5 Å². The molecule has 6 nitrogen and oxygen atoms in total. The number of benzene rings is 1. The Bertz CT molecular complexity index is 866. The van der Waals surface area contributed by atoms with Crippen LogP contribution in [0.5, 0.6) is 0 Å². The minimum atomic E-state index is -3.41. The highest BCUT2D eigenvalue weighted by molar-refractivity contribution is 7.89. The van der Waals surface area contributed by atoms with Crippen LogP contribution in [0, 0.1) is 0 Å². The number of hydrogen-bond acceptors (Lipinski definition) is 6. The van der Waals surface area contributed by atoms with E-state index in [9.17, 15) is 8.42 Å². The van der Waals surface area contributed by atoms with E-state index in [-0.39, 0.29) is 6.10 Å². The van der Waals surface area contributed by atoms with Crippen molar-refractivity contribution in [1.82, 2.24) is 9.29 Å². The monoisotopic (exact) mass is 421 g/mol. The van der Waals surface area contributed by atoms with Crippen LogP contribution in [-0.2, 0) is 14.8 Å². The van der Waals surface area contributed by atoms with Gasteiger partial charge in [0.25, 0.3) is 0 Å². The highest BCUT2D eigenvalue weighted by Crippen LogP contribution is 2.27. The molecule has 0 amide bonds. The standard InChI is InChI=1S/C20H27N3O3S2/c24-28(25,23-11-3-1-2-4-12-23)18-9-7-16(8-10-18)19-15-27-20(22-19)21-14-17-6-5-13-26-17/h7-10,15,17H,1-6,11-14H2,(H,21,22)/t17-/m1/s1. The number of rotatable bonds is 6. The summed E-state index contributed by atoms with van der Waals surface area (Å²) in [7, 11) is -3.41. The third-order valence-corrected chi connectivity index (χ3v) is 8.07. The molecule has 0 saturated carbocycles. The number of anilines is 1. The van der Waals surface area contributed by atoms with Crippen molar-refractivity contribution < 1.29 is 13.2 Å². The number of hydrogen-bond donors (Lipinski definition) is 1. The van der Waals surface area contributed by atoms with E-state index in [0.717, 1.165) is 68.1 Å². The minimum Gasteiger partial charge on any atom is -0.376 e. The maximum absolute atomic E-state index is 12.9. The number of aromatic nitrogens is 1. The molecular weight excluding hydrogens is 394 g/mol. The van der Waals surface area contributed by atoms with Crippen LogP contribution in [0.4, 0.5) is 5.13 Å². The molecule has 2 saturated heterocycles. The number of thiazole rings is 1. The normalized spacial score (nSPS) is 21.5. The Morgan fingerprint density at radius 2 is 1.86 bits per heavy atom. The van der Waals surface area contributed by atoms with Crippen molar-refractivity contribution in [2.45, 2.75) is 49.5 Å². The largest absolute Gasteiger partial charge is 0.376 e. The van der Waals surface area contributed by atoms with Crippen molar-refractivity contribution in [3.8, 4) is 11.3 Å². The zero-order chi connectivity index (χ0) is 19.4. The van der Waals surface area contributed by atoms with Gasteiger partial charge in [0, 0.05) is 37.2 Å². The summed E-state index contributed by atoms with van der Waals surface area (Å²) in [6.45, 7) is 2.87. The SMILES string of the molecule is O=S(=O)(c1ccc(-c2csc(NC[C@H]3CCCO3)n2)cc1)N1CCCCCC1. The summed E-state index contributed by atoms with van der Waals surface area (Å²) in [5.74, 6) is 0. The van der Waals surface area contributed by atoms with Gasteiger partial charge in [0.15, 0.2) is 5.13 Å². The molecule has 152 valence electrons. The Hall–Kier alpha value is -1.48. The number of nitrogens with zero attached hydrogens (tertiary/aromatic N) is 2. The van der Waals surface area contributed by atoms with Gasteiger partial charge in [-0.15, -0.1) is 11.3 Å². The lowest BCUT2D eigenvalue weighted by molar-refractivity contribution is 0.120. The fourth-order valence-corrected chi connectivity index (χ4v) is 5.97. The van der Waals surface area contributed by atoms with E-state index >= 15 is 0 Å². The van der Waals surface area contributed by atoms with Crippen molar-refractivity contribution in [1.29, 1.82) is 0 Å². The molecule has 1 N–H and O–H groups in total. The van der Waals surface area contributed by atoms with Gasteiger partial charge < -0.3 is 10.1 Å². The molecule has 1 atom stereocenters. The molecule has 2 aliphatic heterocycles. The van der Waals surface area contributed by atoms with Gasteiger partial charge in [0.05, 0.1) is 16.7 Å². The molecule has 8 heteroatoms. The summed E-state index contributed by atoms with van der Waals surface area (Å²) in [6.07, 6.45) is 6.60. The van der Waals surface area contributed by atoms with Gasteiger partial charge >= 0.3 is 0 Å². The maximum Gasteiger partial charge on any atom is 0.243 e. The molecule has 1 aromatic carbocycles. The molecule has 4 rings (SSSR count). The summed E-state index contributed by atoms with van der Waals surface area (Å²) in [4.78, 5) is 4.99. The van der Waals surface area contributed by atoms with Gasteiger partial charge in [-0.2, -0.15) is 4.31 Å². The van der Waals surface area contributed by atoms with Crippen LogP contribution >= 0.6 is 11.3 Å².